The highest BCUT2D eigenvalue weighted by atomic mass is 16.1. The highest BCUT2D eigenvalue weighted by molar-refractivity contribution is 5.55. The molecule has 6 heteroatoms. The minimum absolute atomic E-state index is 0.0563. The second kappa shape index (κ2) is 8.00. The predicted molar refractivity (Wildman–Crippen MR) is 116 cm³/mol. The highest BCUT2D eigenvalue weighted by Crippen LogP contribution is 2.20. The van der Waals surface area contributed by atoms with Gasteiger partial charge in [-0.3, -0.25) is 9.69 Å². The maximum Gasteiger partial charge on any atom is 0.255 e. The molecule has 0 spiro atoms. The lowest BCUT2D eigenvalue weighted by atomic mass is 10.1. The molecule has 1 aliphatic rings. The molecule has 0 fully saturated rings. The van der Waals surface area contributed by atoms with Crippen LogP contribution in [0.25, 0.3) is 22.8 Å². The number of H-pyrrole nitrogens is 1. The van der Waals surface area contributed by atoms with Gasteiger partial charge in [0, 0.05) is 55.1 Å². The molecule has 0 bridgehead atoms. The summed E-state index contributed by atoms with van der Waals surface area (Å²) in [4.78, 5) is 31.6. The Morgan fingerprint density at radius 3 is 2.27 bits per heavy atom. The van der Waals surface area contributed by atoms with Gasteiger partial charge in [0.15, 0.2) is 5.82 Å². The maximum atomic E-state index is 12.7. The smallest absolute Gasteiger partial charge is 0.255 e. The summed E-state index contributed by atoms with van der Waals surface area (Å²) in [7, 11) is 0. The zero-order valence-corrected chi connectivity index (χ0v) is 16.5. The van der Waals surface area contributed by atoms with Crippen LogP contribution in [0.3, 0.4) is 0 Å². The molecule has 0 amide bonds. The largest absolute Gasteiger partial charge is 0.306 e. The summed E-state index contributed by atoms with van der Waals surface area (Å²) in [6, 6.07) is 19.7. The van der Waals surface area contributed by atoms with E-state index in [-0.39, 0.29) is 5.56 Å². The number of nitrogens with zero attached hydrogens (tertiary/aromatic N) is 4. The fraction of sp³-hybridized carbons (Fsp3) is 0.167. The highest BCUT2D eigenvalue weighted by Gasteiger charge is 2.21. The number of rotatable bonds is 4. The number of hydrogen-bond acceptors (Lipinski definition) is 5. The Kier molecular flexibility index (Phi) is 4.91. The molecule has 0 radical (unpaired) electrons. The molecule has 0 unspecified atom stereocenters. The van der Waals surface area contributed by atoms with Crippen LogP contribution < -0.4 is 5.56 Å². The van der Waals surface area contributed by atoms with Crippen molar-refractivity contribution in [1.82, 2.24) is 24.8 Å². The minimum atomic E-state index is -0.0563. The van der Waals surface area contributed by atoms with Gasteiger partial charge in [-0.25, -0.2) is 15.0 Å². The SMILES string of the molecule is O=c1[nH]c(-c2ccccc2)nc2c1CN(Cc1cnc(-c3ccccc3)nc1)CC2. The average molecular weight is 395 g/mol. The molecule has 3 heterocycles. The first kappa shape index (κ1) is 18.4. The summed E-state index contributed by atoms with van der Waals surface area (Å²) in [5.74, 6) is 1.36. The van der Waals surface area contributed by atoms with E-state index in [1.54, 1.807) is 0 Å². The minimum Gasteiger partial charge on any atom is -0.306 e. The van der Waals surface area contributed by atoms with E-state index >= 15 is 0 Å². The number of fused-ring (bicyclic) bond motifs is 1. The van der Waals surface area contributed by atoms with Gasteiger partial charge in [0.25, 0.3) is 5.56 Å². The fourth-order valence-corrected chi connectivity index (χ4v) is 3.78. The molecule has 0 atom stereocenters. The van der Waals surface area contributed by atoms with E-state index in [0.29, 0.717) is 18.9 Å². The van der Waals surface area contributed by atoms with Crippen LogP contribution in [0.2, 0.25) is 0 Å². The first-order valence-electron chi connectivity index (χ1n) is 10.0. The number of benzene rings is 2. The van der Waals surface area contributed by atoms with Crippen molar-refractivity contribution in [3.63, 3.8) is 0 Å². The quantitative estimate of drug-likeness (QED) is 0.573. The van der Waals surface area contributed by atoms with Gasteiger partial charge in [-0.05, 0) is 0 Å². The molecule has 0 saturated carbocycles. The van der Waals surface area contributed by atoms with Crippen molar-refractivity contribution in [2.75, 3.05) is 6.54 Å². The standard InChI is InChI=1S/C24H21N5O/c30-24-20-16-29(12-11-21(20)27-23(28-24)19-9-5-2-6-10-19)15-17-13-25-22(26-14-17)18-7-3-1-4-8-18/h1-10,13-14H,11-12,15-16H2,(H,27,28,30). The molecular weight excluding hydrogens is 374 g/mol. The van der Waals surface area contributed by atoms with Crippen LogP contribution >= 0.6 is 0 Å². The maximum absolute atomic E-state index is 12.7. The summed E-state index contributed by atoms with van der Waals surface area (Å²) in [5, 5.41) is 0. The molecule has 0 saturated heterocycles. The van der Waals surface area contributed by atoms with Crippen molar-refractivity contribution in [2.45, 2.75) is 19.5 Å². The van der Waals surface area contributed by atoms with E-state index in [1.165, 1.54) is 0 Å². The summed E-state index contributed by atoms with van der Waals surface area (Å²) < 4.78 is 0. The lowest BCUT2D eigenvalue weighted by molar-refractivity contribution is 0.241. The number of hydrogen-bond donors (Lipinski definition) is 1. The van der Waals surface area contributed by atoms with Crippen LogP contribution in [-0.2, 0) is 19.5 Å². The fourth-order valence-electron chi connectivity index (χ4n) is 3.78. The van der Waals surface area contributed by atoms with Crippen LogP contribution in [0.4, 0.5) is 0 Å². The number of aromatic amines is 1. The Hall–Kier alpha value is -3.64. The molecular formula is C24H21N5O. The average Bonchev–Trinajstić information content (AvgIpc) is 2.81. The molecule has 2 aromatic carbocycles. The Bertz CT molecular complexity index is 1200. The molecule has 5 rings (SSSR count). The molecule has 1 N–H and O–H groups in total. The summed E-state index contributed by atoms with van der Waals surface area (Å²) >= 11 is 0. The van der Waals surface area contributed by atoms with Gasteiger partial charge in [-0.1, -0.05) is 60.7 Å². The van der Waals surface area contributed by atoms with Gasteiger partial charge in [0.05, 0.1) is 11.3 Å². The first-order valence-corrected chi connectivity index (χ1v) is 10.0. The van der Waals surface area contributed by atoms with Gasteiger partial charge in [-0.15, -0.1) is 0 Å². The van der Waals surface area contributed by atoms with Crippen LogP contribution in [0.1, 0.15) is 16.8 Å². The molecule has 2 aromatic heterocycles. The third-order valence-corrected chi connectivity index (χ3v) is 5.34. The van der Waals surface area contributed by atoms with E-state index in [2.05, 4.69) is 19.9 Å². The van der Waals surface area contributed by atoms with Crippen molar-refractivity contribution in [3.05, 3.63) is 100 Å². The van der Waals surface area contributed by atoms with Crippen molar-refractivity contribution in [3.8, 4) is 22.8 Å². The van der Waals surface area contributed by atoms with Gasteiger partial charge >= 0.3 is 0 Å². The molecule has 148 valence electrons. The summed E-state index contributed by atoms with van der Waals surface area (Å²) in [6.45, 7) is 2.12. The topological polar surface area (TPSA) is 74.8 Å². The Labute approximate surface area is 174 Å². The Balaban J connectivity index is 1.32. The van der Waals surface area contributed by atoms with Crippen molar-refractivity contribution in [1.29, 1.82) is 0 Å². The van der Waals surface area contributed by atoms with Gasteiger partial charge in [-0.2, -0.15) is 0 Å². The molecule has 6 nitrogen and oxygen atoms in total. The second-order valence-electron chi connectivity index (χ2n) is 7.45. The van der Waals surface area contributed by atoms with Gasteiger partial charge in [0.2, 0.25) is 0 Å². The first-order chi connectivity index (χ1) is 14.8. The van der Waals surface area contributed by atoms with Crippen LogP contribution in [-0.4, -0.2) is 31.4 Å². The molecule has 0 aliphatic carbocycles. The van der Waals surface area contributed by atoms with Crippen molar-refractivity contribution < 1.29 is 0 Å². The summed E-state index contributed by atoms with van der Waals surface area (Å²) in [5.41, 5.74) is 4.55. The monoisotopic (exact) mass is 395 g/mol. The zero-order chi connectivity index (χ0) is 20.3. The van der Waals surface area contributed by atoms with Gasteiger partial charge in [0.1, 0.15) is 5.82 Å². The lowest BCUT2D eigenvalue weighted by Crippen LogP contribution is -2.35. The molecule has 1 aliphatic heterocycles. The number of aromatic nitrogens is 4. The number of nitrogens with one attached hydrogen (secondary N) is 1. The Morgan fingerprint density at radius 2 is 1.57 bits per heavy atom. The van der Waals surface area contributed by atoms with E-state index in [0.717, 1.165) is 46.7 Å². The van der Waals surface area contributed by atoms with E-state index < -0.39 is 0 Å². The third-order valence-electron chi connectivity index (χ3n) is 5.34. The van der Waals surface area contributed by atoms with Crippen LogP contribution in [0.5, 0.6) is 0 Å². The van der Waals surface area contributed by atoms with E-state index in [9.17, 15) is 4.79 Å². The van der Waals surface area contributed by atoms with Crippen LogP contribution in [0.15, 0.2) is 77.9 Å². The van der Waals surface area contributed by atoms with Crippen molar-refractivity contribution >= 4 is 0 Å². The lowest BCUT2D eigenvalue weighted by Gasteiger charge is -2.27. The second-order valence-corrected chi connectivity index (χ2v) is 7.45. The third kappa shape index (κ3) is 3.77. The summed E-state index contributed by atoms with van der Waals surface area (Å²) in [6.07, 6.45) is 4.49. The van der Waals surface area contributed by atoms with Crippen LogP contribution in [0, 0.1) is 0 Å². The van der Waals surface area contributed by atoms with E-state index in [4.69, 9.17) is 4.98 Å². The Morgan fingerprint density at radius 1 is 0.900 bits per heavy atom. The van der Waals surface area contributed by atoms with Crippen molar-refractivity contribution in [2.24, 2.45) is 0 Å². The normalized spacial score (nSPS) is 13.7. The van der Waals surface area contributed by atoms with Gasteiger partial charge < -0.3 is 4.98 Å². The molecule has 4 aromatic rings. The van der Waals surface area contributed by atoms with E-state index in [1.807, 2.05) is 73.1 Å². The predicted octanol–water partition coefficient (Wildman–Crippen LogP) is 3.45. The molecule has 30 heavy (non-hydrogen) atoms. The zero-order valence-electron chi connectivity index (χ0n) is 16.5.